The molecule has 0 N–H and O–H groups in total. The molecule has 0 aliphatic rings. The lowest BCUT2D eigenvalue weighted by Gasteiger charge is -2.15. The van der Waals surface area contributed by atoms with E-state index in [1.54, 1.807) is 0 Å². The third-order valence-electron chi connectivity index (χ3n) is 0.919. The van der Waals surface area contributed by atoms with Crippen molar-refractivity contribution >= 4 is 41.2 Å². The molecule has 0 aromatic rings. The van der Waals surface area contributed by atoms with Crippen molar-refractivity contribution in [3.8, 4) is 0 Å². The van der Waals surface area contributed by atoms with Crippen molar-refractivity contribution in [1.29, 1.82) is 0 Å². The van der Waals surface area contributed by atoms with Crippen molar-refractivity contribution in [2.24, 2.45) is 0 Å². The lowest BCUT2D eigenvalue weighted by molar-refractivity contribution is 0.332. The van der Waals surface area contributed by atoms with Gasteiger partial charge in [0.15, 0.2) is 5.56 Å². The lowest BCUT2D eigenvalue weighted by Crippen LogP contribution is -2.01. The summed E-state index contributed by atoms with van der Waals surface area (Å²) in [6.45, 7) is 3.21. The van der Waals surface area contributed by atoms with Crippen LogP contribution in [0.25, 0.3) is 0 Å². The second-order valence-corrected chi connectivity index (χ2v) is 6.25. The maximum absolute atomic E-state index is 11.3. The average Bonchev–Trinajstić information content (AvgIpc) is 2.02. The third-order valence-corrected chi connectivity index (χ3v) is 4.74. The Hall–Kier alpha value is 0.540. The maximum Gasteiger partial charge on any atom is 0.313 e. The standard InChI is InChI=1S/C6H8Cl3O2P/c1-3-5(7)11-12(9,10)6(8)4-2/h3-6H,1-2H2. The summed E-state index contributed by atoms with van der Waals surface area (Å²) in [7, 11) is 0. The fourth-order valence-corrected chi connectivity index (χ4v) is 2.21. The highest BCUT2D eigenvalue weighted by atomic mass is 35.7. The first kappa shape index (κ1) is 12.5. The molecule has 0 heterocycles. The Labute approximate surface area is 86.4 Å². The first-order chi connectivity index (χ1) is 5.44. The number of alkyl halides is 2. The Morgan fingerprint density at radius 1 is 1.33 bits per heavy atom. The van der Waals surface area contributed by atoms with Crippen LogP contribution in [-0.2, 0) is 9.09 Å². The van der Waals surface area contributed by atoms with Gasteiger partial charge in [0.1, 0.15) is 5.12 Å². The zero-order valence-corrected chi connectivity index (χ0v) is 9.28. The molecule has 70 valence electrons. The van der Waals surface area contributed by atoms with E-state index in [-0.39, 0.29) is 0 Å². The third kappa shape index (κ3) is 3.97. The monoisotopic (exact) mass is 248 g/mol. The van der Waals surface area contributed by atoms with E-state index in [0.717, 1.165) is 0 Å². The summed E-state index contributed by atoms with van der Waals surface area (Å²) in [5, 5.41) is -0.944. The van der Waals surface area contributed by atoms with E-state index < -0.39 is 17.4 Å². The molecule has 0 saturated carbocycles. The van der Waals surface area contributed by atoms with Gasteiger partial charge in [-0.05, 0) is 17.3 Å². The molecule has 0 spiro atoms. The van der Waals surface area contributed by atoms with E-state index in [9.17, 15) is 4.57 Å². The van der Waals surface area contributed by atoms with E-state index in [1.165, 1.54) is 12.2 Å². The van der Waals surface area contributed by atoms with Gasteiger partial charge in [0.2, 0.25) is 0 Å². The van der Waals surface area contributed by atoms with Crippen LogP contribution >= 0.6 is 41.2 Å². The van der Waals surface area contributed by atoms with E-state index in [4.69, 9.17) is 39.0 Å². The van der Waals surface area contributed by atoms with E-state index in [2.05, 4.69) is 13.2 Å². The normalized spacial score (nSPS) is 20.6. The van der Waals surface area contributed by atoms with Gasteiger partial charge in [0.25, 0.3) is 0 Å². The molecule has 2 nitrogen and oxygen atoms in total. The summed E-state index contributed by atoms with van der Waals surface area (Å²) in [4.78, 5) is 0. The summed E-state index contributed by atoms with van der Waals surface area (Å²) in [5.74, 6) is 0. The molecular formula is C6H8Cl3O2P. The number of halogens is 3. The summed E-state index contributed by atoms with van der Waals surface area (Å²) < 4.78 is 16.0. The van der Waals surface area contributed by atoms with Gasteiger partial charge in [-0.15, -0.1) is 18.2 Å². The van der Waals surface area contributed by atoms with Crippen molar-refractivity contribution in [2.45, 2.75) is 10.7 Å². The van der Waals surface area contributed by atoms with Gasteiger partial charge < -0.3 is 0 Å². The minimum atomic E-state index is -3.44. The van der Waals surface area contributed by atoms with Gasteiger partial charge >= 0.3 is 6.72 Å². The van der Waals surface area contributed by atoms with E-state index in [1.807, 2.05) is 0 Å². The van der Waals surface area contributed by atoms with Gasteiger partial charge in [0.05, 0.1) is 0 Å². The lowest BCUT2D eigenvalue weighted by atomic mass is 10.7. The zero-order chi connectivity index (χ0) is 9.78. The Morgan fingerprint density at radius 3 is 2.17 bits per heavy atom. The highest BCUT2D eigenvalue weighted by Gasteiger charge is 2.30. The van der Waals surface area contributed by atoms with Crippen LogP contribution in [0.5, 0.6) is 0 Å². The summed E-state index contributed by atoms with van der Waals surface area (Å²) in [6, 6.07) is 0. The second kappa shape index (κ2) is 5.31. The topological polar surface area (TPSA) is 26.3 Å². The SMILES string of the molecule is C=CC(Cl)OP(=O)(Cl)C(Cl)C=C. The van der Waals surface area contributed by atoms with Crippen LogP contribution in [0, 0.1) is 0 Å². The van der Waals surface area contributed by atoms with Crippen LogP contribution in [0.3, 0.4) is 0 Å². The minimum Gasteiger partial charge on any atom is -0.292 e. The molecule has 0 amide bonds. The van der Waals surface area contributed by atoms with Gasteiger partial charge in [-0.3, -0.25) is 9.09 Å². The molecule has 3 unspecified atom stereocenters. The Bertz CT molecular complexity index is 219. The predicted molar refractivity (Wildman–Crippen MR) is 54.2 cm³/mol. The number of rotatable bonds is 5. The highest BCUT2D eigenvalue weighted by molar-refractivity contribution is 7.87. The van der Waals surface area contributed by atoms with Crippen molar-refractivity contribution in [2.75, 3.05) is 0 Å². The molecule has 0 aliphatic carbocycles. The first-order valence-electron chi connectivity index (χ1n) is 2.95. The van der Waals surface area contributed by atoms with Crippen LogP contribution in [0.15, 0.2) is 25.3 Å². The van der Waals surface area contributed by atoms with Crippen LogP contribution in [-0.4, -0.2) is 10.7 Å². The molecule has 0 saturated heterocycles. The van der Waals surface area contributed by atoms with Crippen LogP contribution in [0.1, 0.15) is 0 Å². The molecule has 3 atom stereocenters. The van der Waals surface area contributed by atoms with Gasteiger partial charge in [0, 0.05) is 0 Å². The van der Waals surface area contributed by atoms with Crippen LogP contribution in [0.2, 0.25) is 0 Å². The van der Waals surface area contributed by atoms with Gasteiger partial charge in [-0.2, -0.15) is 0 Å². The fraction of sp³-hybridized carbons (Fsp3) is 0.333. The first-order valence-corrected chi connectivity index (χ1v) is 6.42. The van der Waals surface area contributed by atoms with Gasteiger partial charge in [-0.1, -0.05) is 24.3 Å². The number of allylic oxidation sites excluding steroid dienone is 1. The van der Waals surface area contributed by atoms with E-state index in [0.29, 0.717) is 0 Å². The highest BCUT2D eigenvalue weighted by Crippen LogP contribution is 2.60. The van der Waals surface area contributed by atoms with Crippen molar-refractivity contribution in [3.63, 3.8) is 0 Å². The van der Waals surface area contributed by atoms with Crippen molar-refractivity contribution < 1.29 is 9.09 Å². The molecule has 0 fully saturated rings. The van der Waals surface area contributed by atoms with Gasteiger partial charge in [-0.25, -0.2) is 0 Å². The molecule has 0 aliphatic heterocycles. The molecule has 0 aromatic carbocycles. The zero-order valence-electron chi connectivity index (χ0n) is 6.12. The predicted octanol–water partition coefficient (Wildman–Crippen LogP) is 3.94. The van der Waals surface area contributed by atoms with Crippen molar-refractivity contribution in [1.82, 2.24) is 0 Å². The molecule has 0 radical (unpaired) electrons. The fourth-order valence-electron chi connectivity index (χ4n) is 0.364. The minimum absolute atomic E-state index is 0.908. The summed E-state index contributed by atoms with van der Waals surface area (Å²) in [5.41, 5.74) is -0.908. The van der Waals surface area contributed by atoms with Crippen LogP contribution < -0.4 is 0 Å². The van der Waals surface area contributed by atoms with E-state index >= 15 is 0 Å². The summed E-state index contributed by atoms with van der Waals surface area (Å²) in [6.07, 6.45) is 2.48. The second-order valence-electron chi connectivity index (χ2n) is 1.82. The Kier molecular flexibility index (Phi) is 5.55. The largest absolute Gasteiger partial charge is 0.313 e. The Balaban J connectivity index is 4.31. The average molecular weight is 249 g/mol. The Morgan fingerprint density at radius 2 is 1.83 bits per heavy atom. The quantitative estimate of drug-likeness (QED) is 0.419. The molecular weight excluding hydrogens is 241 g/mol. The molecule has 6 heteroatoms. The van der Waals surface area contributed by atoms with Crippen molar-refractivity contribution in [3.05, 3.63) is 25.3 Å². The summed E-state index contributed by atoms with van der Waals surface area (Å²) >= 11 is 16.4. The number of hydrogen-bond acceptors (Lipinski definition) is 2. The smallest absolute Gasteiger partial charge is 0.292 e. The maximum atomic E-state index is 11.3. The van der Waals surface area contributed by atoms with Crippen LogP contribution in [0.4, 0.5) is 0 Å². The number of hydrogen-bond donors (Lipinski definition) is 0. The molecule has 12 heavy (non-hydrogen) atoms. The molecule has 0 bridgehead atoms. The molecule has 0 rings (SSSR count). The molecule has 0 aromatic heterocycles.